The summed E-state index contributed by atoms with van der Waals surface area (Å²) in [6, 6.07) is 0. The van der Waals surface area contributed by atoms with Gasteiger partial charge >= 0.3 is 0 Å². The molecule has 2 aliphatic rings. The predicted octanol–water partition coefficient (Wildman–Crippen LogP) is 4.60. The molecule has 1 saturated heterocycles. The third-order valence-corrected chi connectivity index (χ3v) is 6.42. The van der Waals surface area contributed by atoms with E-state index in [2.05, 4.69) is 20.8 Å². The molecule has 0 aromatic rings. The molecule has 2 rings (SSSR count). The number of allylic oxidation sites excluding steroid dienone is 9. The number of hydrogen-bond acceptors (Lipinski definition) is 4. The minimum Gasteiger partial charge on any atom is -0.393 e. The van der Waals surface area contributed by atoms with Crippen LogP contribution in [0.5, 0.6) is 0 Å². The Morgan fingerprint density at radius 3 is 2.24 bits per heavy atom. The van der Waals surface area contributed by atoms with Crippen molar-refractivity contribution in [3.8, 4) is 0 Å². The van der Waals surface area contributed by atoms with Gasteiger partial charge in [0, 0.05) is 12.8 Å². The molecule has 29 heavy (non-hydrogen) atoms. The van der Waals surface area contributed by atoms with Crippen molar-refractivity contribution >= 4 is 6.29 Å². The van der Waals surface area contributed by atoms with Gasteiger partial charge in [-0.3, -0.25) is 4.79 Å². The van der Waals surface area contributed by atoms with E-state index in [1.54, 1.807) is 13.0 Å². The third kappa shape index (κ3) is 5.25. The second-order valence-electron chi connectivity index (χ2n) is 9.42. The zero-order valence-corrected chi connectivity index (χ0v) is 18.6. The van der Waals surface area contributed by atoms with Gasteiger partial charge in [-0.1, -0.05) is 62.0 Å². The summed E-state index contributed by atoms with van der Waals surface area (Å²) in [5.74, 6) is 0. The molecule has 4 atom stereocenters. The van der Waals surface area contributed by atoms with Crippen LogP contribution < -0.4 is 0 Å². The Balaban J connectivity index is 1.98. The summed E-state index contributed by atoms with van der Waals surface area (Å²) in [6.45, 7) is 12.0. The summed E-state index contributed by atoms with van der Waals surface area (Å²) in [7, 11) is 0. The molecule has 2 fully saturated rings. The van der Waals surface area contributed by atoms with Crippen LogP contribution in [0.15, 0.2) is 59.3 Å². The molecule has 4 nitrogen and oxygen atoms in total. The Morgan fingerprint density at radius 1 is 1.03 bits per heavy atom. The number of epoxide rings is 1. The van der Waals surface area contributed by atoms with Crippen LogP contribution in [-0.4, -0.2) is 39.9 Å². The van der Waals surface area contributed by atoms with Crippen LogP contribution in [0.3, 0.4) is 0 Å². The normalized spacial score (nSPS) is 33.8. The minimum absolute atomic E-state index is 0.182. The van der Waals surface area contributed by atoms with Crippen LogP contribution in [0.1, 0.15) is 60.8 Å². The molecule has 0 aromatic carbocycles. The number of carbonyl (C=O) groups excluding carboxylic acids is 1. The van der Waals surface area contributed by atoms with Crippen molar-refractivity contribution < 1.29 is 19.7 Å². The number of ether oxygens (including phenoxy) is 1. The van der Waals surface area contributed by atoms with Gasteiger partial charge in [0.05, 0.1) is 17.8 Å². The minimum atomic E-state index is -0.586. The average molecular weight is 401 g/mol. The zero-order chi connectivity index (χ0) is 21.9. The topological polar surface area (TPSA) is 70.1 Å². The largest absolute Gasteiger partial charge is 0.393 e. The molecule has 0 amide bonds. The van der Waals surface area contributed by atoms with E-state index in [9.17, 15) is 15.0 Å². The van der Waals surface area contributed by atoms with Gasteiger partial charge in [0.25, 0.3) is 0 Å². The van der Waals surface area contributed by atoms with E-state index in [1.165, 1.54) is 0 Å². The van der Waals surface area contributed by atoms with Crippen molar-refractivity contribution in [2.75, 3.05) is 0 Å². The maximum Gasteiger partial charge on any atom is 0.145 e. The molecule has 0 spiro atoms. The molecule has 0 radical (unpaired) electrons. The summed E-state index contributed by atoms with van der Waals surface area (Å²) in [5.41, 5.74) is 1.72. The molecular weight excluding hydrogens is 364 g/mol. The molecule has 1 saturated carbocycles. The number of aldehydes is 1. The molecule has 0 aromatic heterocycles. The van der Waals surface area contributed by atoms with Crippen LogP contribution in [-0.2, 0) is 9.53 Å². The maximum absolute atomic E-state index is 10.8. The summed E-state index contributed by atoms with van der Waals surface area (Å²) < 4.78 is 6.17. The Bertz CT molecular complexity index is 768. The molecular formula is C25H36O4. The zero-order valence-electron chi connectivity index (χ0n) is 18.6. The van der Waals surface area contributed by atoms with E-state index in [0.717, 1.165) is 17.4 Å². The van der Waals surface area contributed by atoms with Crippen LogP contribution in [0.25, 0.3) is 0 Å². The number of hydrogen-bond donors (Lipinski definition) is 2. The van der Waals surface area contributed by atoms with Gasteiger partial charge in [0.15, 0.2) is 0 Å². The van der Waals surface area contributed by atoms with E-state index < -0.39 is 6.10 Å². The molecule has 1 aliphatic carbocycles. The van der Waals surface area contributed by atoms with Crippen LogP contribution in [0.2, 0.25) is 0 Å². The second kappa shape index (κ2) is 8.95. The quantitative estimate of drug-likeness (QED) is 0.270. The van der Waals surface area contributed by atoms with Gasteiger partial charge in [-0.2, -0.15) is 0 Å². The molecule has 160 valence electrons. The van der Waals surface area contributed by atoms with Crippen LogP contribution in [0.4, 0.5) is 0 Å². The molecule has 2 N–H and O–H groups in total. The molecule has 1 heterocycles. The lowest BCUT2D eigenvalue weighted by molar-refractivity contribution is -0.104. The lowest BCUT2D eigenvalue weighted by Gasteiger charge is -2.41. The van der Waals surface area contributed by atoms with Crippen LogP contribution >= 0.6 is 0 Å². The van der Waals surface area contributed by atoms with E-state index in [1.807, 2.05) is 50.3 Å². The van der Waals surface area contributed by atoms with Crippen molar-refractivity contribution in [1.82, 2.24) is 0 Å². The fourth-order valence-corrected chi connectivity index (χ4v) is 4.63. The highest BCUT2D eigenvalue weighted by molar-refractivity contribution is 5.72. The highest BCUT2D eigenvalue weighted by atomic mass is 16.6. The Kier molecular flexibility index (Phi) is 7.26. The van der Waals surface area contributed by atoms with E-state index in [-0.39, 0.29) is 22.7 Å². The van der Waals surface area contributed by atoms with Gasteiger partial charge in [0.1, 0.15) is 11.9 Å². The maximum atomic E-state index is 10.8. The van der Waals surface area contributed by atoms with Crippen molar-refractivity contribution in [3.63, 3.8) is 0 Å². The standard InChI is InChI=1S/C25H36O4/c1-18(10-7-8-11-19(2)17-26)12-9-13-20(3)22(28)16-25-23(4,5)14-21(27)15-24(25,6)29-25/h7-13,17,21-22,27-28H,14-16H2,1-6H3/b8-7+,12-9+,18-10-,19-11+,20-13+/t21-,22?,24+,25-/m0/s1. The fourth-order valence-electron chi connectivity index (χ4n) is 4.63. The average Bonchev–Trinajstić information content (AvgIpc) is 3.23. The molecule has 1 aliphatic heterocycles. The van der Waals surface area contributed by atoms with E-state index in [0.29, 0.717) is 24.8 Å². The first-order valence-corrected chi connectivity index (χ1v) is 10.3. The van der Waals surface area contributed by atoms with Gasteiger partial charge in [-0.05, 0) is 50.7 Å². The highest BCUT2D eigenvalue weighted by Gasteiger charge is 2.75. The molecule has 1 unspecified atom stereocenters. The number of rotatable bonds is 8. The predicted molar refractivity (Wildman–Crippen MR) is 117 cm³/mol. The van der Waals surface area contributed by atoms with Crippen molar-refractivity contribution in [3.05, 3.63) is 59.3 Å². The monoisotopic (exact) mass is 400 g/mol. The van der Waals surface area contributed by atoms with Gasteiger partial charge in [0.2, 0.25) is 0 Å². The SMILES string of the molecule is CC(=C/C=C/C=C(\C)C=O)/C=C/C=C(\C)C(O)C[C@@]12O[C@]1(C)C[C@@H](O)CC2(C)C. The number of aliphatic hydroxyl groups is 2. The Labute approximate surface area is 175 Å². The summed E-state index contributed by atoms with van der Waals surface area (Å²) >= 11 is 0. The summed E-state index contributed by atoms with van der Waals surface area (Å²) in [6.07, 6.45) is 15.1. The van der Waals surface area contributed by atoms with E-state index in [4.69, 9.17) is 4.74 Å². The highest BCUT2D eigenvalue weighted by Crippen LogP contribution is 2.67. The van der Waals surface area contributed by atoms with Gasteiger partial charge in [-0.15, -0.1) is 0 Å². The lowest BCUT2D eigenvalue weighted by atomic mass is 9.61. The fraction of sp³-hybridized carbons (Fsp3) is 0.560. The van der Waals surface area contributed by atoms with Crippen molar-refractivity contribution in [2.24, 2.45) is 5.41 Å². The first kappa shape index (κ1) is 23.5. The smallest absolute Gasteiger partial charge is 0.145 e. The Hall–Kier alpha value is -1.75. The van der Waals surface area contributed by atoms with Gasteiger partial charge in [-0.25, -0.2) is 0 Å². The van der Waals surface area contributed by atoms with Gasteiger partial charge < -0.3 is 14.9 Å². The lowest BCUT2D eigenvalue weighted by Crippen LogP contribution is -2.48. The third-order valence-electron chi connectivity index (χ3n) is 6.42. The molecule has 0 bridgehead atoms. The number of carbonyl (C=O) groups is 1. The number of fused-ring (bicyclic) bond motifs is 1. The first-order chi connectivity index (χ1) is 13.5. The summed E-state index contributed by atoms with van der Waals surface area (Å²) in [4.78, 5) is 10.5. The van der Waals surface area contributed by atoms with Crippen molar-refractivity contribution in [2.45, 2.75) is 84.2 Å². The van der Waals surface area contributed by atoms with E-state index >= 15 is 0 Å². The Morgan fingerprint density at radius 2 is 1.66 bits per heavy atom. The number of aliphatic hydroxyl groups excluding tert-OH is 2. The first-order valence-electron chi connectivity index (χ1n) is 10.3. The second-order valence-corrected chi connectivity index (χ2v) is 9.42. The molecule has 4 heteroatoms. The summed E-state index contributed by atoms with van der Waals surface area (Å²) in [5, 5.41) is 20.9. The van der Waals surface area contributed by atoms with Crippen LogP contribution in [0, 0.1) is 5.41 Å². The van der Waals surface area contributed by atoms with Crippen molar-refractivity contribution in [1.29, 1.82) is 0 Å².